The average Bonchev–Trinajstić information content (AvgIpc) is 2.89. The van der Waals surface area contributed by atoms with Crippen LogP contribution in [0, 0.1) is 13.8 Å². The second kappa shape index (κ2) is 7.92. The van der Waals surface area contributed by atoms with Gasteiger partial charge in [-0.3, -0.25) is 9.48 Å². The number of hydrogen-bond acceptors (Lipinski definition) is 3. The molecule has 1 unspecified atom stereocenters. The topological polar surface area (TPSA) is 64.2 Å². The summed E-state index contributed by atoms with van der Waals surface area (Å²) in [4.78, 5) is 14.7. The third-order valence-corrected chi connectivity index (χ3v) is 3.99. The standard InChI is InChI=1S/C18H26N4O/c1-14-13-15(2)22(20-14)16(3)18(23)21(12-10-19)11-9-17-7-5-4-6-8-17/h4-8,13,16H,9-12,19H2,1-3H3. The highest BCUT2D eigenvalue weighted by Crippen LogP contribution is 2.14. The largest absolute Gasteiger partial charge is 0.339 e. The minimum Gasteiger partial charge on any atom is -0.339 e. The number of amides is 1. The van der Waals surface area contributed by atoms with E-state index in [1.165, 1.54) is 5.56 Å². The van der Waals surface area contributed by atoms with Crippen LogP contribution in [0.2, 0.25) is 0 Å². The number of aromatic nitrogens is 2. The molecule has 5 nitrogen and oxygen atoms in total. The van der Waals surface area contributed by atoms with Gasteiger partial charge in [0.2, 0.25) is 5.91 Å². The van der Waals surface area contributed by atoms with E-state index >= 15 is 0 Å². The van der Waals surface area contributed by atoms with E-state index in [1.807, 2.05) is 49.9 Å². The molecule has 0 saturated heterocycles. The SMILES string of the molecule is Cc1cc(C)n(C(C)C(=O)N(CCN)CCc2ccccc2)n1. The van der Waals surface area contributed by atoms with Crippen molar-refractivity contribution in [1.82, 2.24) is 14.7 Å². The van der Waals surface area contributed by atoms with Crippen molar-refractivity contribution in [3.8, 4) is 0 Å². The molecule has 0 aliphatic rings. The number of hydrogen-bond donors (Lipinski definition) is 1. The smallest absolute Gasteiger partial charge is 0.247 e. The zero-order valence-electron chi connectivity index (χ0n) is 14.2. The van der Waals surface area contributed by atoms with Gasteiger partial charge in [0.1, 0.15) is 6.04 Å². The number of benzene rings is 1. The van der Waals surface area contributed by atoms with Gasteiger partial charge < -0.3 is 10.6 Å². The first-order valence-electron chi connectivity index (χ1n) is 8.08. The Kier molecular flexibility index (Phi) is 5.93. The minimum absolute atomic E-state index is 0.0672. The van der Waals surface area contributed by atoms with E-state index in [1.54, 1.807) is 4.68 Å². The van der Waals surface area contributed by atoms with E-state index in [2.05, 4.69) is 17.2 Å². The molecule has 1 heterocycles. The monoisotopic (exact) mass is 314 g/mol. The summed E-state index contributed by atoms with van der Waals surface area (Å²) in [6, 6.07) is 11.9. The summed E-state index contributed by atoms with van der Waals surface area (Å²) in [5.41, 5.74) is 8.84. The van der Waals surface area contributed by atoms with Gasteiger partial charge in [0.25, 0.3) is 0 Å². The van der Waals surface area contributed by atoms with Crippen LogP contribution in [0.4, 0.5) is 0 Å². The molecule has 0 spiro atoms. The van der Waals surface area contributed by atoms with Gasteiger partial charge in [0.15, 0.2) is 0 Å². The van der Waals surface area contributed by atoms with Gasteiger partial charge in [-0.15, -0.1) is 0 Å². The molecule has 2 aromatic rings. The summed E-state index contributed by atoms with van der Waals surface area (Å²) in [7, 11) is 0. The molecule has 0 aliphatic heterocycles. The Hall–Kier alpha value is -2.14. The third-order valence-electron chi connectivity index (χ3n) is 3.99. The first-order valence-corrected chi connectivity index (χ1v) is 8.08. The van der Waals surface area contributed by atoms with Gasteiger partial charge >= 0.3 is 0 Å². The van der Waals surface area contributed by atoms with Crippen LogP contribution in [-0.2, 0) is 11.2 Å². The summed E-state index contributed by atoms with van der Waals surface area (Å²) in [6.07, 6.45) is 0.830. The summed E-state index contributed by atoms with van der Waals surface area (Å²) < 4.78 is 1.80. The average molecular weight is 314 g/mol. The lowest BCUT2D eigenvalue weighted by Gasteiger charge is -2.26. The fourth-order valence-corrected chi connectivity index (χ4v) is 2.80. The number of nitrogens with two attached hydrogens (primary N) is 1. The Balaban J connectivity index is 2.06. The maximum atomic E-state index is 12.8. The molecule has 0 aliphatic carbocycles. The van der Waals surface area contributed by atoms with E-state index in [0.29, 0.717) is 19.6 Å². The van der Waals surface area contributed by atoms with Crippen LogP contribution in [0.3, 0.4) is 0 Å². The highest BCUT2D eigenvalue weighted by molar-refractivity contribution is 5.80. The quantitative estimate of drug-likeness (QED) is 0.851. The maximum Gasteiger partial charge on any atom is 0.247 e. The van der Waals surface area contributed by atoms with E-state index in [-0.39, 0.29) is 11.9 Å². The Morgan fingerprint density at radius 1 is 1.26 bits per heavy atom. The van der Waals surface area contributed by atoms with Crippen molar-refractivity contribution in [2.24, 2.45) is 5.73 Å². The highest BCUT2D eigenvalue weighted by Gasteiger charge is 2.23. The first kappa shape index (κ1) is 17.2. The van der Waals surface area contributed by atoms with E-state index in [9.17, 15) is 4.79 Å². The lowest BCUT2D eigenvalue weighted by molar-refractivity contribution is -0.134. The number of nitrogens with zero attached hydrogens (tertiary/aromatic N) is 3. The summed E-state index contributed by atoms with van der Waals surface area (Å²) in [5.74, 6) is 0.0672. The summed E-state index contributed by atoms with van der Waals surface area (Å²) in [6.45, 7) is 7.51. The lowest BCUT2D eigenvalue weighted by Crippen LogP contribution is -2.41. The second-order valence-electron chi connectivity index (χ2n) is 5.90. The number of rotatable bonds is 7. The van der Waals surface area contributed by atoms with Crippen molar-refractivity contribution < 1.29 is 4.79 Å². The lowest BCUT2D eigenvalue weighted by atomic mass is 10.1. The molecule has 1 aromatic carbocycles. The predicted molar refractivity (Wildman–Crippen MR) is 92.2 cm³/mol. The van der Waals surface area contributed by atoms with E-state index in [4.69, 9.17) is 5.73 Å². The number of carbonyl (C=O) groups is 1. The van der Waals surface area contributed by atoms with Crippen LogP contribution in [0.1, 0.15) is 29.9 Å². The molecule has 124 valence electrons. The van der Waals surface area contributed by atoms with Gasteiger partial charge in [-0.2, -0.15) is 5.10 Å². The molecule has 1 aromatic heterocycles. The molecular weight excluding hydrogens is 288 g/mol. The van der Waals surface area contributed by atoms with Gasteiger partial charge in [0, 0.05) is 25.3 Å². The van der Waals surface area contributed by atoms with Crippen LogP contribution >= 0.6 is 0 Å². The van der Waals surface area contributed by atoms with Crippen LogP contribution in [0.15, 0.2) is 36.4 Å². The number of carbonyl (C=O) groups excluding carboxylic acids is 1. The molecule has 0 fully saturated rings. The zero-order valence-corrected chi connectivity index (χ0v) is 14.2. The molecule has 0 bridgehead atoms. The Morgan fingerprint density at radius 2 is 1.96 bits per heavy atom. The Labute approximate surface area is 138 Å². The Bertz CT molecular complexity index is 636. The highest BCUT2D eigenvalue weighted by atomic mass is 16.2. The molecule has 5 heteroatoms. The van der Waals surface area contributed by atoms with Crippen LogP contribution in [0.25, 0.3) is 0 Å². The second-order valence-corrected chi connectivity index (χ2v) is 5.90. The van der Waals surface area contributed by atoms with Gasteiger partial charge in [-0.1, -0.05) is 30.3 Å². The van der Waals surface area contributed by atoms with Crippen molar-refractivity contribution in [3.05, 3.63) is 53.3 Å². The molecule has 1 amide bonds. The van der Waals surface area contributed by atoms with Gasteiger partial charge in [-0.05, 0) is 38.8 Å². The van der Waals surface area contributed by atoms with Crippen molar-refractivity contribution in [2.75, 3.05) is 19.6 Å². The van der Waals surface area contributed by atoms with E-state index < -0.39 is 0 Å². The number of aryl methyl sites for hydroxylation is 2. The van der Waals surface area contributed by atoms with Crippen molar-refractivity contribution in [3.63, 3.8) is 0 Å². The minimum atomic E-state index is -0.314. The van der Waals surface area contributed by atoms with Crippen LogP contribution in [0.5, 0.6) is 0 Å². The fraction of sp³-hybridized carbons (Fsp3) is 0.444. The van der Waals surface area contributed by atoms with Crippen molar-refractivity contribution >= 4 is 5.91 Å². The van der Waals surface area contributed by atoms with Crippen LogP contribution < -0.4 is 5.73 Å². The molecule has 23 heavy (non-hydrogen) atoms. The van der Waals surface area contributed by atoms with Gasteiger partial charge in [0.05, 0.1) is 5.69 Å². The van der Waals surface area contributed by atoms with Gasteiger partial charge in [-0.25, -0.2) is 0 Å². The van der Waals surface area contributed by atoms with Crippen LogP contribution in [-0.4, -0.2) is 40.2 Å². The maximum absolute atomic E-state index is 12.8. The predicted octanol–water partition coefficient (Wildman–Crippen LogP) is 2.09. The van der Waals surface area contributed by atoms with Crippen molar-refractivity contribution in [2.45, 2.75) is 33.2 Å². The normalized spacial score (nSPS) is 12.2. The van der Waals surface area contributed by atoms with E-state index in [0.717, 1.165) is 17.8 Å². The third kappa shape index (κ3) is 4.42. The first-order chi connectivity index (χ1) is 11.0. The summed E-state index contributed by atoms with van der Waals surface area (Å²) in [5, 5.41) is 4.43. The van der Waals surface area contributed by atoms with Crippen molar-refractivity contribution in [1.29, 1.82) is 0 Å². The molecule has 1 atom stereocenters. The molecule has 0 saturated carbocycles. The fourth-order valence-electron chi connectivity index (χ4n) is 2.80. The molecule has 2 N–H and O–H groups in total. The molecular formula is C18H26N4O. The molecule has 2 rings (SSSR count). The Morgan fingerprint density at radius 3 is 2.52 bits per heavy atom. The summed E-state index contributed by atoms with van der Waals surface area (Å²) >= 11 is 0. The molecule has 0 radical (unpaired) electrons. The zero-order chi connectivity index (χ0) is 16.8.